The number of hydrogen-bond acceptors (Lipinski definition) is 3. The maximum Gasteiger partial charge on any atom is 0.261 e. The van der Waals surface area contributed by atoms with Gasteiger partial charge < -0.3 is 9.84 Å². The summed E-state index contributed by atoms with van der Waals surface area (Å²) in [6.07, 6.45) is 0. The molecule has 3 aromatic rings. The zero-order valence-corrected chi connectivity index (χ0v) is 14.3. The molecule has 0 saturated heterocycles. The van der Waals surface area contributed by atoms with Crippen LogP contribution in [0.1, 0.15) is 32.7 Å². The van der Waals surface area contributed by atoms with Gasteiger partial charge in [-0.15, -0.1) is 0 Å². The van der Waals surface area contributed by atoms with Crippen LogP contribution in [0.4, 0.5) is 5.69 Å². The lowest BCUT2D eigenvalue weighted by Crippen LogP contribution is -2.13. The van der Waals surface area contributed by atoms with Crippen molar-refractivity contribution in [2.24, 2.45) is 0 Å². The van der Waals surface area contributed by atoms with E-state index in [9.17, 15) is 4.79 Å². The predicted molar refractivity (Wildman–Crippen MR) is 95.3 cm³/mol. The number of amides is 1. The van der Waals surface area contributed by atoms with E-state index in [1.807, 2.05) is 63.2 Å². The Balaban J connectivity index is 1.94. The summed E-state index contributed by atoms with van der Waals surface area (Å²) in [6.45, 7) is 7.85. The summed E-state index contributed by atoms with van der Waals surface area (Å²) >= 11 is 0. The van der Waals surface area contributed by atoms with Gasteiger partial charge in [0.2, 0.25) is 0 Å². The average Bonchev–Trinajstić information content (AvgIpc) is 2.93. The van der Waals surface area contributed by atoms with Crippen molar-refractivity contribution < 1.29 is 9.32 Å². The van der Waals surface area contributed by atoms with Crippen molar-refractivity contribution in [2.75, 3.05) is 5.32 Å². The molecular formula is C20H20N2O2. The fraction of sp³-hybridized carbons (Fsp3) is 0.200. The fourth-order valence-electron chi connectivity index (χ4n) is 2.55. The highest BCUT2D eigenvalue weighted by Crippen LogP contribution is 2.27. The van der Waals surface area contributed by atoms with E-state index in [2.05, 4.69) is 10.5 Å². The molecule has 4 nitrogen and oxygen atoms in total. The summed E-state index contributed by atoms with van der Waals surface area (Å²) in [7, 11) is 0. The van der Waals surface area contributed by atoms with Crippen LogP contribution in [-0.2, 0) is 0 Å². The van der Waals surface area contributed by atoms with Gasteiger partial charge in [-0.1, -0.05) is 41.1 Å². The minimum Gasteiger partial charge on any atom is -0.355 e. The number of benzene rings is 2. The SMILES string of the molecule is Cc1ccc(-c2onc(C)c2C(=O)Nc2ccc(C)c(C)c2)cc1. The lowest BCUT2D eigenvalue weighted by Gasteiger charge is -2.08. The van der Waals surface area contributed by atoms with E-state index in [1.54, 1.807) is 6.92 Å². The molecule has 0 spiro atoms. The molecule has 0 atom stereocenters. The quantitative estimate of drug-likeness (QED) is 0.752. The summed E-state index contributed by atoms with van der Waals surface area (Å²) in [5.74, 6) is 0.279. The van der Waals surface area contributed by atoms with E-state index in [4.69, 9.17) is 4.52 Å². The third-order valence-electron chi connectivity index (χ3n) is 4.17. The highest BCUT2D eigenvalue weighted by atomic mass is 16.5. The van der Waals surface area contributed by atoms with Crippen LogP contribution in [0.5, 0.6) is 0 Å². The van der Waals surface area contributed by atoms with E-state index >= 15 is 0 Å². The van der Waals surface area contributed by atoms with Crippen molar-refractivity contribution in [1.29, 1.82) is 0 Å². The Bertz CT molecular complexity index is 893. The van der Waals surface area contributed by atoms with Crippen LogP contribution in [-0.4, -0.2) is 11.1 Å². The molecule has 0 aliphatic heterocycles. The average molecular weight is 320 g/mol. The van der Waals surface area contributed by atoms with Crippen LogP contribution in [0.3, 0.4) is 0 Å². The monoisotopic (exact) mass is 320 g/mol. The summed E-state index contributed by atoms with van der Waals surface area (Å²) in [5.41, 5.74) is 6.12. The van der Waals surface area contributed by atoms with Gasteiger partial charge in [0.15, 0.2) is 5.76 Å². The molecule has 0 radical (unpaired) electrons. The summed E-state index contributed by atoms with van der Waals surface area (Å²) in [6, 6.07) is 13.7. The lowest BCUT2D eigenvalue weighted by atomic mass is 10.0. The van der Waals surface area contributed by atoms with Crippen LogP contribution >= 0.6 is 0 Å². The Kier molecular flexibility index (Phi) is 4.21. The molecule has 1 heterocycles. The van der Waals surface area contributed by atoms with Gasteiger partial charge in [-0.25, -0.2) is 0 Å². The first kappa shape index (κ1) is 16.0. The molecule has 122 valence electrons. The molecular weight excluding hydrogens is 300 g/mol. The number of nitrogens with zero attached hydrogens (tertiary/aromatic N) is 1. The van der Waals surface area contributed by atoms with E-state index in [-0.39, 0.29) is 5.91 Å². The number of carbonyl (C=O) groups is 1. The topological polar surface area (TPSA) is 55.1 Å². The van der Waals surface area contributed by atoms with Crippen molar-refractivity contribution in [2.45, 2.75) is 27.7 Å². The Hall–Kier alpha value is -2.88. The van der Waals surface area contributed by atoms with Crippen LogP contribution in [0.25, 0.3) is 11.3 Å². The first-order valence-electron chi connectivity index (χ1n) is 7.87. The molecule has 1 N–H and O–H groups in total. The number of nitrogens with one attached hydrogen (secondary N) is 1. The van der Waals surface area contributed by atoms with Gasteiger partial charge in [0.1, 0.15) is 5.56 Å². The van der Waals surface area contributed by atoms with Crippen molar-refractivity contribution in [3.05, 3.63) is 70.4 Å². The third-order valence-corrected chi connectivity index (χ3v) is 4.17. The number of anilines is 1. The normalized spacial score (nSPS) is 10.7. The van der Waals surface area contributed by atoms with Crippen LogP contribution in [0.15, 0.2) is 47.0 Å². The largest absolute Gasteiger partial charge is 0.355 e. The molecule has 0 aliphatic rings. The molecule has 4 heteroatoms. The Morgan fingerprint density at radius 2 is 1.67 bits per heavy atom. The molecule has 24 heavy (non-hydrogen) atoms. The number of carbonyl (C=O) groups excluding carboxylic acids is 1. The number of aryl methyl sites for hydroxylation is 4. The third kappa shape index (κ3) is 3.08. The second kappa shape index (κ2) is 6.32. The van der Waals surface area contributed by atoms with Gasteiger partial charge >= 0.3 is 0 Å². The first-order valence-corrected chi connectivity index (χ1v) is 7.87. The number of rotatable bonds is 3. The highest BCUT2D eigenvalue weighted by molar-refractivity contribution is 6.08. The maximum atomic E-state index is 12.7. The fourth-order valence-corrected chi connectivity index (χ4v) is 2.55. The van der Waals surface area contributed by atoms with E-state index in [1.165, 1.54) is 5.56 Å². The smallest absolute Gasteiger partial charge is 0.261 e. The Morgan fingerprint density at radius 1 is 0.958 bits per heavy atom. The van der Waals surface area contributed by atoms with Gasteiger partial charge in [-0.2, -0.15) is 0 Å². The van der Waals surface area contributed by atoms with Crippen molar-refractivity contribution in [3.63, 3.8) is 0 Å². The molecule has 1 amide bonds. The van der Waals surface area contributed by atoms with Gasteiger partial charge in [0, 0.05) is 11.3 Å². The number of aromatic nitrogens is 1. The molecule has 0 unspecified atom stereocenters. The molecule has 0 bridgehead atoms. The Labute approximate surface area is 141 Å². The lowest BCUT2D eigenvalue weighted by molar-refractivity contribution is 0.102. The maximum absolute atomic E-state index is 12.7. The van der Waals surface area contributed by atoms with E-state index in [0.29, 0.717) is 17.0 Å². The first-order chi connectivity index (χ1) is 11.5. The summed E-state index contributed by atoms with van der Waals surface area (Å²) in [5, 5.41) is 6.91. The minimum atomic E-state index is -0.215. The molecule has 2 aromatic carbocycles. The van der Waals surface area contributed by atoms with Crippen molar-refractivity contribution in [1.82, 2.24) is 5.16 Å². The Morgan fingerprint density at radius 3 is 2.33 bits per heavy atom. The van der Waals surface area contributed by atoms with Crippen molar-refractivity contribution >= 4 is 11.6 Å². The summed E-state index contributed by atoms with van der Waals surface area (Å²) in [4.78, 5) is 12.7. The van der Waals surface area contributed by atoms with E-state index in [0.717, 1.165) is 22.4 Å². The molecule has 1 aromatic heterocycles. The number of hydrogen-bond donors (Lipinski definition) is 1. The molecule has 0 fully saturated rings. The summed E-state index contributed by atoms with van der Waals surface area (Å²) < 4.78 is 5.41. The minimum absolute atomic E-state index is 0.215. The second-order valence-electron chi connectivity index (χ2n) is 6.09. The van der Waals surface area contributed by atoms with Crippen LogP contribution in [0.2, 0.25) is 0 Å². The van der Waals surface area contributed by atoms with Gasteiger partial charge in [-0.05, 0) is 51.0 Å². The van der Waals surface area contributed by atoms with E-state index < -0.39 is 0 Å². The highest BCUT2D eigenvalue weighted by Gasteiger charge is 2.22. The molecule has 3 rings (SSSR count). The molecule has 0 saturated carbocycles. The zero-order valence-electron chi connectivity index (χ0n) is 14.3. The van der Waals surface area contributed by atoms with Gasteiger partial charge in [-0.3, -0.25) is 4.79 Å². The standard InChI is InChI=1S/C20H20N2O2/c1-12-5-8-16(9-6-12)19-18(15(4)22-24-19)20(23)21-17-10-7-13(2)14(3)11-17/h5-11H,1-4H3,(H,21,23). The second-order valence-corrected chi connectivity index (χ2v) is 6.09. The van der Waals surface area contributed by atoms with Gasteiger partial charge in [0.25, 0.3) is 5.91 Å². The van der Waals surface area contributed by atoms with Crippen LogP contribution < -0.4 is 5.32 Å². The van der Waals surface area contributed by atoms with Crippen molar-refractivity contribution in [3.8, 4) is 11.3 Å². The zero-order chi connectivity index (χ0) is 17.3. The van der Waals surface area contributed by atoms with Gasteiger partial charge in [0.05, 0.1) is 5.69 Å². The predicted octanol–water partition coefficient (Wildman–Crippen LogP) is 4.83. The van der Waals surface area contributed by atoms with Crippen LogP contribution in [0, 0.1) is 27.7 Å². The molecule has 0 aliphatic carbocycles.